The van der Waals surface area contributed by atoms with Crippen molar-refractivity contribution in [3.8, 4) is 11.5 Å². The number of aromatic hydroxyl groups is 1. The number of ether oxygens (including phenoxy) is 1. The van der Waals surface area contributed by atoms with Gasteiger partial charge in [-0.15, -0.1) is 23.2 Å². The van der Waals surface area contributed by atoms with Crippen LogP contribution in [0.1, 0.15) is 49.7 Å². The lowest BCUT2D eigenvalue weighted by atomic mass is 9.56. The van der Waals surface area contributed by atoms with E-state index in [4.69, 9.17) is 27.9 Å². The molecule has 1 saturated carbocycles. The van der Waals surface area contributed by atoms with Crippen molar-refractivity contribution >= 4 is 62.8 Å². The van der Waals surface area contributed by atoms with Crippen LogP contribution in [0.5, 0.6) is 11.5 Å². The molecule has 1 N–H and O–H groups in total. The summed E-state index contributed by atoms with van der Waals surface area (Å²) < 4.78 is 5.66. The van der Waals surface area contributed by atoms with Gasteiger partial charge in [-0.1, -0.05) is 64.0 Å². The molecule has 0 bridgehead atoms. The molecule has 0 radical (unpaired) electrons. The Kier molecular flexibility index (Phi) is 8.47. The van der Waals surface area contributed by atoms with E-state index >= 15 is 0 Å². The van der Waals surface area contributed by atoms with Crippen LogP contribution in [0.25, 0.3) is 0 Å². The maximum atomic E-state index is 14.4. The molecular weight excluding hydrogens is 709 g/mol. The van der Waals surface area contributed by atoms with Gasteiger partial charge < -0.3 is 9.84 Å². The molecule has 12 heteroatoms. The Bertz CT molecular complexity index is 1670. The van der Waals surface area contributed by atoms with Crippen LogP contribution in [0.15, 0.2) is 60.2 Å². The van der Waals surface area contributed by atoms with E-state index in [0.29, 0.717) is 30.4 Å². The smallest absolute Gasteiger partial charge is 0.254 e. The third kappa shape index (κ3) is 4.88. The number of hydrogen-bond donors (Lipinski definition) is 1. The van der Waals surface area contributed by atoms with Gasteiger partial charge in [0, 0.05) is 31.6 Å². The van der Waals surface area contributed by atoms with E-state index in [0.717, 1.165) is 24.5 Å². The first kappa shape index (κ1) is 32.6. The van der Waals surface area contributed by atoms with Crippen LogP contribution < -0.4 is 4.74 Å². The Balaban J connectivity index is 1.22. The van der Waals surface area contributed by atoms with Crippen LogP contribution in [-0.4, -0.2) is 84.4 Å². The lowest BCUT2D eigenvalue weighted by molar-refractivity contribution is -0.144. The van der Waals surface area contributed by atoms with Gasteiger partial charge in [-0.05, 0) is 61.8 Å². The summed E-state index contributed by atoms with van der Waals surface area (Å²) in [5, 5.41) is 10.5. The van der Waals surface area contributed by atoms with Crippen LogP contribution in [0.4, 0.5) is 0 Å². The van der Waals surface area contributed by atoms with E-state index in [1.807, 2.05) is 24.3 Å². The molecule has 5 aliphatic rings. The lowest BCUT2D eigenvalue weighted by Crippen LogP contribution is -2.60. The van der Waals surface area contributed by atoms with Gasteiger partial charge in [0.05, 0.1) is 23.9 Å². The first-order valence-corrected chi connectivity index (χ1v) is 18.0. The number of carbonyl (C=O) groups is 4. The van der Waals surface area contributed by atoms with E-state index < -0.39 is 45.2 Å². The number of rotatable bonds is 7. The average molecular weight is 745 g/mol. The monoisotopic (exact) mass is 743 g/mol. The summed E-state index contributed by atoms with van der Waals surface area (Å²) in [4.78, 5) is 57.4. The Morgan fingerprint density at radius 3 is 2.38 bits per heavy atom. The Labute approximate surface area is 291 Å². The molecule has 6 atom stereocenters. The summed E-state index contributed by atoms with van der Waals surface area (Å²) in [6.07, 6.45) is 3.54. The molecule has 6 unspecified atom stereocenters. The third-order valence-corrected chi connectivity index (χ3v) is 12.8. The van der Waals surface area contributed by atoms with Crippen molar-refractivity contribution in [2.24, 2.45) is 17.8 Å². The van der Waals surface area contributed by atoms with Gasteiger partial charge in [0.2, 0.25) is 11.8 Å². The first-order chi connectivity index (χ1) is 22.5. The number of amides is 4. The second kappa shape index (κ2) is 12.2. The normalized spacial score (nSPS) is 32.7. The molecule has 2 aromatic rings. The fourth-order valence-electron chi connectivity index (χ4n) is 8.67. The lowest BCUT2D eigenvalue weighted by Gasteiger charge is -2.50. The molecule has 0 spiro atoms. The SMILES string of the molecule is CCOc1cc(C2C3=CCC4C(=O)N(C5CCN(Cc6ccccc6)CC5)C(=O)C4C3CC3(Cl)C(=O)N(CBr)C(=O)C23Cl)ccc1O. The Morgan fingerprint density at radius 2 is 1.70 bits per heavy atom. The highest BCUT2D eigenvalue weighted by Gasteiger charge is 2.76. The highest BCUT2D eigenvalue weighted by atomic mass is 79.9. The molecule has 3 heterocycles. The minimum atomic E-state index is -1.91. The summed E-state index contributed by atoms with van der Waals surface area (Å²) in [6, 6.07) is 14.8. The number of phenolic OH excluding ortho intramolecular Hbond substituents is 1. The van der Waals surface area contributed by atoms with Gasteiger partial charge in [0.1, 0.15) is 0 Å². The zero-order valence-electron chi connectivity index (χ0n) is 25.9. The fraction of sp³-hybridized carbons (Fsp3) is 0.486. The summed E-state index contributed by atoms with van der Waals surface area (Å²) in [6.45, 7) is 4.42. The molecule has 248 valence electrons. The van der Waals surface area contributed by atoms with Crippen molar-refractivity contribution < 1.29 is 29.0 Å². The zero-order chi connectivity index (χ0) is 33.2. The largest absolute Gasteiger partial charge is 0.504 e. The van der Waals surface area contributed by atoms with Crippen LogP contribution >= 0.6 is 39.1 Å². The second-order valence-electron chi connectivity index (χ2n) is 13.2. The topological polar surface area (TPSA) is 107 Å². The number of halogens is 3. The standard InChI is InChI=1S/C35H36BrCl2N3O6/c1-2-47-27-16-21(8-11-26(27)42)29-23-9-10-24-28(25(23)17-34(37)32(45)40(19-36)33(46)35(29,34)38)31(44)41(30(24)43)22-12-14-39(15-13-22)18-20-6-4-3-5-7-20/h3-9,11,16,22,24-25,28-29,42H,2,10,12-15,17-19H2,1H3. The number of fused-ring (bicyclic) bond motifs is 4. The fourth-order valence-corrected chi connectivity index (χ4v) is 10.1. The molecule has 2 aliphatic carbocycles. The van der Waals surface area contributed by atoms with Crippen molar-refractivity contribution in [1.82, 2.24) is 14.7 Å². The maximum absolute atomic E-state index is 14.4. The highest BCUT2D eigenvalue weighted by molar-refractivity contribution is 9.09. The number of carbonyl (C=O) groups excluding carboxylic acids is 4. The van der Waals surface area contributed by atoms with Crippen LogP contribution in [0, 0.1) is 17.8 Å². The molecular formula is C35H36BrCl2N3O6. The van der Waals surface area contributed by atoms with Crippen molar-refractivity contribution in [2.75, 3.05) is 25.2 Å². The molecule has 0 aromatic heterocycles. The third-order valence-electron chi connectivity index (χ3n) is 10.8. The Morgan fingerprint density at radius 1 is 0.979 bits per heavy atom. The van der Waals surface area contributed by atoms with Gasteiger partial charge in [0.25, 0.3) is 11.8 Å². The number of allylic oxidation sites excluding steroid dienone is 2. The molecule has 3 saturated heterocycles. The summed E-state index contributed by atoms with van der Waals surface area (Å²) in [5.74, 6) is -4.40. The Hall–Kier alpha value is -2.92. The molecule has 2 aromatic carbocycles. The van der Waals surface area contributed by atoms with Crippen LogP contribution in [-0.2, 0) is 25.7 Å². The number of piperidine rings is 1. The van der Waals surface area contributed by atoms with Gasteiger partial charge in [-0.25, -0.2) is 0 Å². The summed E-state index contributed by atoms with van der Waals surface area (Å²) in [5.41, 5.74) is 2.37. The quantitative estimate of drug-likeness (QED) is 0.181. The van der Waals surface area contributed by atoms with Gasteiger partial charge in [-0.2, -0.15) is 0 Å². The number of phenols is 1. The van der Waals surface area contributed by atoms with E-state index in [2.05, 4.69) is 33.0 Å². The molecule has 4 amide bonds. The predicted molar refractivity (Wildman–Crippen MR) is 179 cm³/mol. The van der Waals surface area contributed by atoms with Crippen molar-refractivity contribution in [1.29, 1.82) is 0 Å². The van der Waals surface area contributed by atoms with Crippen molar-refractivity contribution in [2.45, 2.75) is 60.9 Å². The minimum Gasteiger partial charge on any atom is -0.504 e. The highest BCUT2D eigenvalue weighted by Crippen LogP contribution is 2.65. The van der Waals surface area contributed by atoms with Crippen molar-refractivity contribution in [3.05, 3.63) is 71.3 Å². The van der Waals surface area contributed by atoms with Gasteiger partial charge in [-0.3, -0.25) is 33.9 Å². The van der Waals surface area contributed by atoms with E-state index in [1.54, 1.807) is 19.1 Å². The summed E-state index contributed by atoms with van der Waals surface area (Å²) >= 11 is 17.9. The average Bonchev–Trinajstić information content (AvgIpc) is 3.40. The number of benzene rings is 2. The first-order valence-electron chi connectivity index (χ1n) is 16.1. The van der Waals surface area contributed by atoms with Crippen molar-refractivity contribution in [3.63, 3.8) is 0 Å². The molecule has 7 rings (SSSR count). The number of likely N-dealkylation sites (tertiary alicyclic amines) is 3. The second-order valence-corrected chi connectivity index (χ2v) is 14.9. The molecule has 3 aliphatic heterocycles. The van der Waals surface area contributed by atoms with Crippen LogP contribution in [0.2, 0.25) is 0 Å². The van der Waals surface area contributed by atoms with Gasteiger partial charge >= 0.3 is 0 Å². The minimum absolute atomic E-state index is 0.0611. The molecule has 47 heavy (non-hydrogen) atoms. The molecule has 4 fully saturated rings. The molecule has 9 nitrogen and oxygen atoms in total. The van der Waals surface area contributed by atoms with E-state index in [1.165, 1.54) is 16.5 Å². The van der Waals surface area contributed by atoms with E-state index in [9.17, 15) is 24.3 Å². The zero-order valence-corrected chi connectivity index (χ0v) is 29.0. The van der Waals surface area contributed by atoms with Crippen LogP contribution in [0.3, 0.4) is 0 Å². The predicted octanol–water partition coefficient (Wildman–Crippen LogP) is 5.17. The summed E-state index contributed by atoms with van der Waals surface area (Å²) in [7, 11) is 0. The van der Waals surface area contributed by atoms with Gasteiger partial charge in [0.15, 0.2) is 21.2 Å². The number of alkyl halides is 3. The van der Waals surface area contributed by atoms with E-state index in [-0.39, 0.29) is 47.8 Å². The maximum Gasteiger partial charge on any atom is 0.254 e. The number of imide groups is 2. The number of hydrogen-bond acceptors (Lipinski definition) is 7. The number of nitrogens with zero attached hydrogens (tertiary/aromatic N) is 3.